The lowest BCUT2D eigenvalue weighted by molar-refractivity contribution is -0.116. The van der Waals surface area contributed by atoms with Gasteiger partial charge in [-0.2, -0.15) is 0 Å². The van der Waals surface area contributed by atoms with Crippen molar-refractivity contribution >= 4 is 39.8 Å². The molecule has 1 aromatic heterocycles. The van der Waals surface area contributed by atoms with E-state index in [2.05, 4.69) is 15.6 Å². The third-order valence-corrected chi connectivity index (χ3v) is 6.32. The van der Waals surface area contributed by atoms with Crippen LogP contribution in [0.2, 0.25) is 5.02 Å². The molecular formula is C21H20ClN3O3S. The largest absolute Gasteiger partial charge is 0.493 e. The highest BCUT2D eigenvalue weighted by Gasteiger charge is 2.30. The van der Waals surface area contributed by atoms with E-state index in [0.29, 0.717) is 35.4 Å². The summed E-state index contributed by atoms with van der Waals surface area (Å²) in [6.45, 7) is 0.320. The maximum absolute atomic E-state index is 12.2. The summed E-state index contributed by atoms with van der Waals surface area (Å²) < 4.78 is 11.5. The van der Waals surface area contributed by atoms with Gasteiger partial charge < -0.3 is 20.1 Å². The van der Waals surface area contributed by atoms with Gasteiger partial charge in [0.15, 0.2) is 16.6 Å². The second-order valence-corrected chi connectivity index (χ2v) is 8.01. The van der Waals surface area contributed by atoms with Crippen LogP contribution in [0.15, 0.2) is 42.5 Å². The summed E-state index contributed by atoms with van der Waals surface area (Å²) in [7, 11) is 3.42. The van der Waals surface area contributed by atoms with Crippen LogP contribution in [0.4, 0.5) is 10.9 Å². The van der Waals surface area contributed by atoms with Gasteiger partial charge in [0, 0.05) is 30.0 Å². The maximum atomic E-state index is 12.2. The van der Waals surface area contributed by atoms with Crippen molar-refractivity contribution in [3.63, 3.8) is 0 Å². The van der Waals surface area contributed by atoms with Crippen molar-refractivity contribution in [2.24, 2.45) is 0 Å². The molecule has 4 rings (SSSR count). The van der Waals surface area contributed by atoms with Gasteiger partial charge in [-0.3, -0.25) is 4.79 Å². The van der Waals surface area contributed by atoms with E-state index in [0.717, 1.165) is 21.1 Å². The summed E-state index contributed by atoms with van der Waals surface area (Å²) in [5, 5.41) is 7.32. The Morgan fingerprint density at radius 2 is 2.10 bits per heavy atom. The van der Waals surface area contributed by atoms with Crippen LogP contribution < -0.4 is 20.1 Å². The monoisotopic (exact) mass is 429 g/mol. The Morgan fingerprint density at radius 3 is 2.86 bits per heavy atom. The van der Waals surface area contributed by atoms with E-state index >= 15 is 0 Å². The minimum absolute atomic E-state index is 0.0511. The predicted molar refractivity (Wildman–Crippen MR) is 116 cm³/mol. The summed E-state index contributed by atoms with van der Waals surface area (Å²) in [5.41, 5.74) is 1.87. The molecule has 150 valence electrons. The van der Waals surface area contributed by atoms with E-state index in [1.54, 1.807) is 18.4 Å². The fraction of sp³-hybridized carbons (Fsp3) is 0.238. The number of methoxy groups -OCH3 is 1. The Bertz CT molecular complexity index is 1050. The number of hydrogen-bond donors (Lipinski definition) is 2. The predicted octanol–water partition coefficient (Wildman–Crippen LogP) is 4.90. The molecule has 1 aliphatic rings. The number of fused-ring (bicyclic) bond motifs is 1. The van der Waals surface area contributed by atoms with Gasteiger partial charge in [0.1, 0.15) is 12.4 Å². The molecule has 0 saturated heterocycles. The third-order valence-electron chi connectivity index (χ3n) is 4.76. The average Bonchev–Trinajstić information content (AvgIpc) is 3.15. The lowest BCUT2D eigenvalue weighted by Crippen LogP contribution is -2.22. The number of nitrogens with zero attached hydrogens (tertiary/aromatic N) is 1. The highest BCUT2D eigenvalue weighted by Crippen LogP contribution is 2.44. The molecule has 0 bridgehead atoms. The molecule has 2 N–H and O–H groups in total. The number of anilines is 2. The van der Waals surface area contributed by atoms with Crippen molar-refractivity contribution in [2.45, 2.75) is 18.9 Å². The summed E-state index contributed by atoms with van der Waals surface area (Å²) in [5.74, 6) is 1.71. The summed E-state index contributed by atoms with van der Waals surface area (Å²) in [6.07, 6.45) is 0.356. The molecule has 3 aromatic rings. The Kier molecular flexibility index (Phi) is 5.60. The van der Waals surface area contributed by atoms with E-state index in [4.69, 9.17) is 21.1 Å². The second kappa shape index (κ2) is 8.31. The lowest BCUT2D eigenvalue weighted by Gasteiger charge is -2.22. The van der Waals surface area contributed by atoms with Crippen LogP contribution in [0.3, 0.4) is 0 Å². The molecule has 0 unspecified atom stereocenters. The summed E-state index contributed by atoms with van der Waals surface area (Å²) in [6, 6.07) is 13.3. The molecule has 0 spiro atoms. The SMILES string of the molecule is CNc1nc2c(s1)[C@H](c1ccc(OC)c(OCc3ccccc3Cl)c1)CC(=O)N2. The molecule has 2 heterocycles. The van der Waals surface area contributed by atoms with Gasteiger partial charge in [-0.1, -0.05) is 47.2 Å². The molecule has 2 aromatic carbocycles. The van der Waals surface area contributed by atoms with E-state index in [1.807, 2.05) is 49.5 Å². The fourth-order valence-electron chi connectivity index (χ4n) is 3.29. The van der Waals surface area contributed by atoms with E-state index < -0.39 is 0 Å². The maximum Gasteiger partial charge on any atom is 0.226 e. The number of carbonyl (C=O) groups excluding carboxylic acids is 1. The van der Waals surface area contributed by atoms with Crippen LogP contribution in [0, 0.1) is 0 Å². The van der Waals surface area contributed by atoms with Crippen molar-refractivity contribution in [1.29, 1.82) is 0 Å². The van der Waals surface area contributed by atoms with Crippen molar-refractivity contribution in [3.8, 4) is 11.5 Å². The number of thiazole rings is 1. The summed E-state index contributed by atoms with van der Waals surface area (Å²) >= 11 is 7.78. The standard InChI is InChI=1S/C21H20ClN3O3S/c1-23-21-25-20-19(29-21)14(10-18(26)24-20)12-7-8-16(27-2)17(9-12)28-11-13-5-3-4-6-15(13)22/h3-9,14H,10-11H2,1-2H3,(H,23,25)(H,24,26)/t14-/m0/s1. The van der Waals surface area contributed by atoms with Crippen molar-refractivity contribution < 1.29 is 14.3 Å². The Balaban J connectivity index is 1.65. The fourth-order valence-corrected chi connectivity index (χ4v) is 4.48. The zero-order chi connectivity index (χ0) is 20.4. The number of nitrogens with one attached hydrogen (secondary N) is 2. The first kappa shape index (κ1) is 19.5. The van der Waals surface area contributed by atoms with Crippen LogP contribution >= 0.6 is 22.9 Å². The second-order valence-electron chi connectivity index (χ2n) is 6.58. The Hall–Kier alpha value is -2.77. The van der Waals surface area contributed by atoms with Gasteiger partial charge in [-0.25, -0.2) is 4.98 Å². The number of halogens is 1. The first-order valence-electron chi connectivity index (χ1n) is 9.11. The number of ether oxygens (including phenoxy) is 2. The lowest BCUT2D eigenvalue weighted by atomic mass is 9.91. The summed E-state index contributed by atoms with van der Waals surface area (Å²) in [4.78, 5) is 17.7. The highest BCUT2D eigenvalue weighted by molar-refractivity contribution is 7.16. The van der Waals surface area contributed by atoms with Crippen LogP contribution in [-0.4, -0.2) is 25.0 Å². The van der Waals surface area contributed by atoms with Crippen molar-refractivity contribution in [3.05, 3.63) is 63.5 Å². The Morgan fingerprint density at radius 1 is 1.28 bits per heavy atom. The van der Waals surface area contributed by atoms with Crippen LogP contribution in [0.1, 0.15) is 28.3 Å². The Labute approximate surface area is 177 Å². The molecule has 29 heavy (non-hydrogen) atoms. The van der Waals surface area contributed by atoms with Gasteiger partial charge in [-0.05, 0) is 23.8 Å². The highest BCUT2D eigenvalue weighted by atomic mass is 35.5. The molecule has 8 heteroatoms. The number of benzene rings is 2. The van der Waals surface area contributed by atoms with Gasteiger partial charge in [-0.15, -0.1) is 0 Å². The average molecular weight is 430 g/mol. The van der Waals surface area contributed by atoms with Gasteiger partial charge in [0.05, 0.1) is 12.0 Å². The zero-order valence-corrected chi connectivity index (χ0v) is 17.6. The zero-order valence-electron chi connectivity index (χ0n) is 16.0. The van der Waals surface area contributed by atoms with Crippen molar-refractivity contribution in [1.82, 2.24) is 4.98 Å². The normalized spacial score (nSPS) is 15.4. The van der Waals surface area contributed by atoms with Crippen LogP contribution in [0.5, 0.6) is 11.5 Å². The number of hydrogen-bond acceptors (Lipinski definition) is 6. The molecule has 0 radical (unpaired) electrons. The topological polar surface area (TPSA) is 72.5 Å². The van der Waals surface area contributed by atoms with Gasteiger partial charge >= 0.3 is 0 Å². The number of amides is 1. The molecule has 1 aliphatic heterocycles. The first-order chi connectivity index (χ1) is 14.1. The van der Waals surface area contributed by atoms with Gasteiger partial charge in [0.25, 0.3) is 0 Å². The molecule has 1 amide bonds. The number of carbonyl (C=O) groups is 1. The number of rotatable bonds is 6. The van der Waals surface area contributed by atoms with E-state index in [1.165, 1.54) is 0 Å². The van der Waals surface area contributed by atoms with Crippen LogP contribution in [-0.2, 0) is 11.4 Å². The van der Waals surface area contributed by atoms with Crippen molar-refractivity contribution in [2.75, 3.05) is 24.8 Å². The van der Waals surface area contributed by atoms with E-state index in [-0.39, 0.29) is 11.8 Å². The number of aromatic nitrogens is 1. The quantitative estimate of drug-likeness (QED) is 0.583. The van der Waals surface area contributed by atoms with E-state index in [9.17, 15) is 4.79 Å². The molecule has 1 atom stereocenters. The minimum atomic E-state index is -0.0908. The molecule has 0 fully saturated rings. The molecule has 6 nitrogen and oxygen atoms in total. The molecular weight excluding hydrogens is 410 g/mol. The molecule has 0 aliphatic carbocycles. The smallest absolute Gasteiger partial charge is 0.226 e. The minimum Gasteiger partial charge on any atom is -0.493 e. The first-order valence-corrected chi connectivity index (χ1v) is 10.3. The van der Waals surface area contributed by atoms with Crippen LogP contribution in [0.25, 0.3) is 0 Å². The van der Waals surface area contributed by atoms with Gasteiger partial charge in [0.2, 0.25) is 5.91 Å². The third kappa shape index (κ3) is 4.02. The molecule has 0 saturated carbocycles.